The number of likely N-dealkylation sites (tertiary alicyclic amines) is 1. The molecule has 0 bridgehead atoms. The second-order valence-corrected chi connectivity index (χ2v) is 9.80. The van der Waals surface area contributed by atoms with E-state index in [2.05, 4.69) is 41.4 Å². The molecule has 0 aromatic carbocycles. The molecule has 1 amide bonds. The third kappa shape index (κ3) is 5.10. The van der Waals surface area contributed by atoms with E-state index in [-0.39, 0.29) is 24.0 Å². The molecule has 4 heterocycles. The van der Waals surface area contributed by atoms with Gasteiger partial charge in [-0.05, 0) is 45.4 Å². The van der Waals surface area contributed by atoms with Crippen LogP contribution in [0, 0.1) is 0 Å². The van der Waals surface area contributed by atoms with Gasteiger partial charge in [0.15, 0.2) is 5.65 Å². The number of imidazole rings is 1. The van der Waals surface area contributed by atoms with Gasteiger partial charge in [-0.25, -0.2) is 15.0 Å². The van der Waals surface area contributed by atoms with Crippen LogP contribution < -0.4 is 10.6 Å². The Morgan fingerprint density at radius 3 is 2.79 bits per heavy atom. The highest BCUT2D eigenvalue weighted by Gasteiger charge is 2.29. The molecule has 33 heavy (non-hydrogen) atoms. The summed E-state index contributed by atoms with van der Waals surface area (Å²) in [6, 6.07) is 5.53. The molecule has 9 nitrogen and oxygen atoms in total. The minimum Gasteiger partial charge on any atom is -0.390 e. The predicted octanol–water partition coefficient (Wildman–Crippen LogP) is 2.49. The molecule has 0 radical (unpaired) electrons. The highest BCUT2D eigenvalue weighted by molar-refractivity contribution is 6.33. The second-order valence-electron chi connectivity index (χ2n) is 9.39. The van der Waals surface area contributed by atoms with Gasteiger partial charge in [-0.1, -0.05) is 11.6 Å². The molecule has 0 aliphatic carbocycles. The molecule has 176 valence electrons. The lowest BCUT2D eigenvalue weighted by Crippen LogP contribution is -2.51. The predicted molar refractivity (Wildman–Crippen MR) is 129 cm³/mol. The van der Waals surface area contributed by atoms with E-state index >= 15 is 0 Å². The summed E-state index contributed by atoms with van der Waals surface area (Å²) in [5.41, 5.74) is 2.94. The lowest BCUT2D eigenvalue weighted by atomic mass is 10.0. The smallest absolute Gasteiger partial charge is 0.233 e. The van der Waals surface area contributed by atoms with E-state index in [1.54, 1.807) is 19.6 Å². The van der Waals surface area contributed by atoms with Crippen molar-refractivity contribution in [2.45, 2.75) is 44.9 Å². The van der Waals surface area contributed by atoms with Crippen molar-refractivity contribution in [1.29, 1.82) is 0 Å². The maximum atomic E-state index is 11.6. The van der Waals surface area contributed by atoms with E-state index < -0.39 is 6.10 Å². The summed E-state index contributed by atoms with van der Waals surface area (Å²) in [5, 5.41) is 17.1. The summed E-state index contributed by atoms with van der Waals surface area (Å²) in [6.07, 6.45) is 3.46. The molecule has 1 aliphatic heterocycles. The van der Waals surface area contributed by atoms with Crippen LogP contribution in [0.15, 0.2) is 30.7 Å². The van der Waals surface area contributed by atoms with E-state index in [9.17, 15) is 9.90 Å². The lowest BCUT2D eigenvalue weighted by Gasteiger charge is -2.36. The average Bonchev–Trinajstić information content (AvgIpc) is 3.20. The lowest BCUT2D eigenvalue weighted by molar-refractivity contribution is -0.122. The molecule has 3 N–H and O–H groups in total. The average molecular weight is 472 g/mol. The molecule has 2 atom stereocenters. The molecule has 4 rings (SSSR count). The van der Waals surface area contributed by atoms with Crippen molar-refractivity contribution >= 4 is 34.5 Å². The van der Waals surface area contributed by atoms with Gasteiger partial charge in [0, 0.05) is 37.4 Å². The van der Waals surface area contributed by atoms with Crippen LogP contribution in [0.4, 0.5) is 5.82 Å². The number of carbonyl (C=O) groups is 1. The molecular weight excluding hydrogens is 442 g/mol. The van der Waals surface area contributed by atoms with Crippen LogP contribution in [0.1, 0.15) is 27.2 Å². The maximum Gasteiger partial charge on any atom is 0.233 e. The van der Waals surface area contributed by atoms with E-state index in [0.717, 1.165) is 22.4 Å². The molecule has 0 unspecified atom stereocenters. The van der Waals surface area contributed by atoms with E-state index in [1.165, 1.54) is 0 Å². The fraction of sp³-hybridized carbons (Fsp3) is 0.478. The summed E-state index contributed by atoms with van der Waals surface area (Å²) in [7, 11) is 1.61. The number of likely N-dealkylation sites (N-methyl/N-ethyl adjacent to an activating group) is 1. The Bertz CT molecular complexity index is 1160. The number of amides is 1. The number of rotatable bonds is 5. The summed E-state index contributed by atoms with van der Waals surface area (Å²) in [5.74, 6) is 0.555. The van der Waals surface area contributed by atoms with Crippen LogP contribution in [0.25, 0.3) is 22.4 Å². The molecule has 1 saturated heterocycles. The number of β-amino-alcohol motifs (C(OH)–C–C–N with tert-alkyl or cyclic N) is 1. The Morgan fingerprint density at radius 2 is 2.09 bits per heavy atom. The fourth-order valence-corrected chi connectivity index (χ4v) is 4.23. The third-order valence-corrected chi connectivity index (χ3v) is 6.20. The van der Waals surface area contributed by atoms with Gasteiger partial charge in [-0.3, -0.25) is 9.69 Å². The van der Waals surface area contributed by atoms with Crippen molar-refractivity contribution < 1.29 is 9.90 Å². The molecule has 3 aromatic rings. The Balaban J connectivity index is 1.55. The summed E-state index contributed by atoms with van der Waals surface area (Å²) >= 11 is 6.49. The van der Waals surface area contributed by atoms with E-state index in [4.69, 9.17) is 16.6 Å². The van der Waals surface area contributed by atoms with Crippen molar-refractivity contribution in [3.63, 3.8) is 0 Å². The Kier molecular flexibility index (Phi) is 6.56. The molecule has 1 aliphatic rings. The quantitative estimate of drug-likeness (QED) is 0.524. The second kappa shape index (κ2) is 9.24. The van der Waals surface area contributed by atoms with Crippen molar-refractivity contribution in [3.05, 3.63) is 35.7 Å². The zero-order valence-corrected chi connectivity index (χ0v) is 20.1. The van der Waals surface area contributed by atoms with Crippen LogP contribution in [-0.4, -0.2) is 74.3 Å². The maximum absolute atomic E-state index is 11.6. The van der Waals surface area contributed by atoms with Gasteiger partial charge in [0.1, 0.15) is 11.3 Å². The molecule has 1 fully saturated rings. The topological polar surface area (TPSA) is 108 Å². The standard InChI is InChI=1S/C23H30ClN7O2/c1-23(2,3)31-13-27-18-6-5-16(29-22(18)31)14-9-20(26-10-15(14)24)28-17-7-8-30(11-19(17)32)12-21(33)25-4/h5-6,9-10,13,17,19,32H,7-8,11-12H2,1-4H3,(H,25,33)(H,26,28)/t17-,19-/m1/s1. The number of aliphatic hydroxyl groups excluding tert-OH is 1. The number of piperidine rings is 1. The first-order valence-corrected chi connectivity index (χ1v) is 11.4. The highest BCUT2D eigenvalue weighted by atomic mass is 35.5. The van der Waals surface area contributed by atoms with Crippen LogP contribution in [-0.2, 0) is 10.3 Å². The molecule has 0 spiro atoms. The summed E-state index contributed by atoms with van der Waals surface area (Å²) in [4.78, 5) is 27.3. The first-order chi connectivity index (χ1) is 15.7. The number of fused-ring (bicyclic) bond motifs is 1. The number of pyridine rings is 2. The number of nitrogens with zero attached hydrogens (tertiary/aromatic N) is 5. The number of hydrogen-bond acceptors (Lipinski definition) is 7. The number of anilines is 1. The molecule has 3 aromatic heterocycles. The fourth-order valence-electron chi connectivity index (χ4n) is 4.03. The number of carbonyl (C=O) groups excluding carboxylic acids is 1. The SMILES string of the molecule is CNC(=O)CN1CC[C@@H](Nc2cc(-c3ccc4ncn(C(C)(C)C)c4n3)c(Cl)cn2)[C@H](O)C1. The third-order valence-electron chi connectivity index (χ3n) is 5.89. The van der Waals surface area contributed by atoms with Crippen LogP contribution >= 0.6 is 11.6 Å². The molecule has 0 saturated carbocycles. The van der Waals surface area contributed by atoms with Gasteiger partial charge in [0.25, 0.3) is 0 Å². The largest absolute Gasteiger partial charge is 0.390 e. The highest BCUT2D eigenvalue weighted by Crippen LogP contribution is 2.31. The minimum absolute atomic E-state index is 0.0603. The number of halogens is 1. The van der Waals surface area contributed by atoms with Crippen LogP contribution in [0.3, 0.4) is 0 Å². The van der Waals surface area contributed by atoms with Gasteiger partial charge in [0.2, 0.25) is 5.91 Å². The van der Waals surface area contributed by atoms with Crippen LogP contribution in [0.2, 0.25) is 5.02 Å². The molecular formula is C23H30ClN7O2. The summed E-state index contributed by atoms with van der Waals surface area (Å²) in [6.45, 7) is 7.72. The van der Waals surface area contributed by atoms with Gasteiger partial charge >= 0.3 is 0 Å². The number of hydrogen-bond donors (Lipinski definition) is 3. The van der Waals surface area contributed by atoms with Crippen molar-refractivity contribution in [1.82, 2.24) is 29.7 Å². The van der Waals surface area contributed by atoms with Gasteiger partial charge in [-0.15, -0.1) is 0 Å². The number of nitrogens with one attached hydrogen (secondary N) is 2. The van der Waals surface area contributed by atoms with Gasteiger partial charge in [-0.2, -0.15) is 0 Å². The van der Waals surface area contributed by atoms with Gasteiger partial charge in [0.05, 0.1) is 35.7 Å². The monoisotopic (exact) mass is 471 g/mol. The summed E-state index contributed by atoms with van der Waals surface area (Å²) < 4.78 is 2.04. The zero-order chi connectivity index (χ0) is 23.8. The zero-order valence-electron chi connectivity index (χ0n) is 19.3. The van der Waals surface area contributed by atoms with Crippen molar-refractivity contribution in [3.8, 4) is 11.3 Å². The number of aliphatic hydroxyl groups is 1. The Hall–Kier alpha value is -2.75. The van der Waals surface area contributed by atoms with Crippen LogP contribution in [0.5, 0.6) is 0 Å². The number of aromatic nitrogens is 4. The first kappa shape index (κ1) is 23.4. The molecule has 10 heteroatoms. The normalized spacial score (nSPS) is 19.6. The van der Waals surface area contributed by atoms with E-state index in [1.807, 2.05) is 27.7 Å². The first-order valence-electron chi connectivity index (χ1n) is 11.0. The van der Waals surface area contributed by atoms with Crippen molar-refractivity contribution in [2.24, 2.45) is 0 Å². The van der Waals surface area contributed by atoms with E-state index in [0.29, 0.717) is 30.4 Å². The Morgan fingerprint density at radius 1 is 1.30 bits per heavy atom. The van der Waals surface area contributed by atoms with Gasteiger partial charge < -0.3 is 20.3 Å². The minimum atomic E-state index is -0.625. The Labute approximate surface area is 198 Å². The van der Waals surface area contributed by atoms with Crippen molar-refractivity contribution in [2.75, 3.05) is 32.0 Å².